The highest BCUT2D eigenvalue weighted by Crippen LogP contribution is 2.51. The molecule has 4 rings (SSSR count). The Kier molecular flexibility index (Phi) is 3.08. The van der Waals surface area contributed by atoms with E-state index in [2.05, 4.69) is 79.4 Å². The zero-order valence-electron chi connectivity index (χ0n) is 13.8. The molecule has 0 unspecified atom stereocenters. The van der Waals surface area contributed by atoms with Gasteiger partial charge in [-0.25, -0.2) is 0 Å². The summed E-state index contributed by atoms with van der Waals surface area (Å²) in [5, 5.41) is 2.51. The van der Waals surface area contributed by atoms with Gasteiger partial charge in [0.1, 0.15) is 5.75 Å². The number of para-hydroxylation sites is 1. The molecular weight excluding hydrogens is 282 g/mol. The Morgan fingerprint density at radius 1 is 0.957 bits per heavy atom. The van der Waals surface area contributed by atoms with Crippen molar-refractivity contribution in [2.75, 3.05) is 18.6 Å². The van der Waals surface area contributed by atoms with Crippen molar-refractivity contribution < 1.29 is 4.74 Å². The van der Waals surface area contributed by atoms with Crippen molar-refractivity contribution >= 4 is 22.1 Å². The molecule has 0 fully saturated rings. The molecule has 0 radical (unpaired) electrons. The van der Waals surface area contributed by atoms with Crippen LogP contribution >= 0.6 is 0 Å². The largest absolute Gasteiger partial charge is 0.496 e. The van der Waals surface area contributed by atoms with Gasteiger partial charge in [0.15, 0.2) is 0 Å². The molecule has 1 aliphatic heterocycles. The zero-order chi connectivity index (χ0) is 16.0. The van der Waals surface area contributed by atoms with Gasteiger partial charge in [-0.05, 0) is 23.6 Å². The van der Waals surface area contributed by atoms with E-state index in [1.54, 1.807) is 7.11 Å². The van der Waals surface area contributed by atoms with Crippen LogP contribution in [0.3, 0.4) is 0 Å². The third-order valence-electron chi connectivity index (χ3n) is 4.77. The average Bonchev–Trinajstić information content (AvgIpc) is 2.87. The summed E-state index contributed by atoms with van der Waals surface area (Å²) in [6.45, 7) is 5.55. The quantitative estimate of drug-likeness (QED) is 0.639. The Morgan fingerprint density at radius 2 is 1.65 bits per heavy atom. The van der Waals surface area contributed by atoms with Gasteiger partial charge in [0.25, 0.3) is 0 Å². The van der Waals surface area contributed by atoms with Crippen molar-refractivity contribution in [1.29, 1.82) is 0 Å². The van der Waals surface area contributed by atoms with Crippen molar-refractivity contribution in [3.8, 4) is 5.75 Å². The first-order valence-corrected chi connectivity index (χ1v) is 8.04. The van der Waals surface area contributed by atoms with Gasteiger partial charge in [0.2, 0.25) is 0 Å². The van der Waals surface area contributed by atoms with Crippen LogP contribution in [0.25, 0.3) is 10.8 Å². The molecule has 0 bridgehead atoms. The molecular formula is C21H21NO. The third kappa shape index (κ3) is 2.09. The van der Waals surface area contributed by atoms with Gasteiger partial charge in [-0.1, -0.05) is 56.3 Å². The van der Waals surface area contributed by atoms with E-state index in [0.717, 1.165) is 12.3 Å². The highest BCUT2D eigenvalue weighted by molar-refractivity contribution is 6.01. The van der Waals surface area contributed by atoms with E-state index < -0.39 is 0 Å². The molecule has 0 amide bonds. The first-order valence-electron chi connectivity index (χ1n) is 8.04. The number of ether oxygens (including phenoxy) is 1. The molecule has 3 aromatic carbocycles. The number of rotatable bonds is 2. The number of methoxy groups -OCH3 is 1. The summed E-state index contributed by atoms with van der Waals surface area (Å²) < 4.78 is 5.76. The Morgan fingerprint density at radius 3 is 2.39 bits per heavy atom. The summed E-state index contributed by atoms with van der Waals surface area (Å²) in [4.78, 5) is 2.43. The molecule has 0 aliphatic carbocycles. The Hall–Kier alpha value is -2.48. The van der Waals surface area contributed by atoms with Gasteiger partial charge >= 0.3 is 0 Å². The number of nitrogens with zero attached hydrogens (tertiary/aromatic N) is 1. The predicted molar refractivity (Wildman–Crippen MR) is 97.0 cm³/mol. The maximum absolute atomic E-state index is 5.76. The van der Waals surface area contributed by atoms with Gasteiger partial charge in [-0.2, -0.15) is 0 Å². The van der Waals surface area contributed by atoms with Crippen LogP contribution in [0.4, 0.5) is 11.4 Å². The van der Waals surface area contributed by atoms with E-state index in [1.165, 1.54) is 27.7 Å². The summed E-state index contributed by atoms with van der Waals surface area (Å²) in [5.41, 5.74) is 3.87. The summed E-state index contributed by atoms with van der Waals surface area (Å²) in [7, 11) is 1.77. The standard InChI is InChI=1S/C21H21NO/c1-21(2)14-22(16-10-5-4-6-11-16)20-17-12-8-7-9-15(17)13-18(23-3)19(20)21/h4-13H,14H2,1-3H3. The molecule has 2 nitrogen and oxygen atoms in total. The maximum atomic E-state index is 5.76. The lowest BCUT2D eigenvalue weighted by molar-refractivity contribution is 0.400. The number of anilines is 2. The van der Waals surface area contributed by atoms with Crippen LogP contribution in [0.2, 0.25) is 0 Å². The molecule has 23 heavy (non-hydrogen) atoms. The number of fused-ring (bicyclic) bond motifs is 3. The molecule has 3 aromatic rings. The molecule has 0 atom stereocenters. The monoisotopic (exact) mass is 303 g/mol. The van der Waals surface area contributed by atoms with Crippen LogP contribution < -0.4 is 9.64 Å². The van der Waals surface area contributed by atoms with Crippen LogP contribution in [0, 0.1) is 0 Å². The molecule has 0 spiro atoms. The third-order valence-corrected chi connectivity index (χ3v) is 4.77. The molecule has 116 valence electrons. The van der Waals surface area contributed by atoms with Gasteiger partial charge in [0.05, 0.1) is 12.8 Å². The molecule has 0 saturated carbocycles. The highest BCUT2D eigenvalue weighted by Gasteiger charge is 2.39. The average molecular weight is 303 g/mol. The minimum absolute atomic E-state index is 0.0422. The summed E-state index contributed by atoms with van der Waals surface area (Å²) in [5.74, 6) is 0.988. The van der Waals surface area contributed by atoms with E-state index >= 15 is 0 Å². The Bertz CT molecular complexity index is 868. The van der Waals surface area contributed by atoms with Crippen molar-refractivity contribution in [3.05, 3.63) is 66.2 Å². The summed E-state index contributed by atoms with van der Waals surface area (Å²) in [6, 6.07) is 21.4. The second-order valence-electron chi connectivity index (χ2n) is 6.83. The highest BCUT2D eigenvalue weighted by atomic mass is 16.5. The fourth-order valence-electron chi connectivity index (χ4n) is 3.78. The van der Waals surface area contributed by atoms with Gasteiger partial charge in [0, 0.05) is 28.6 Å². The molecule has 1 aliphatic rings. The van der Waals surface area contributed by atoms with E-state index in [4.69, 9.17) is 4.74 Å². The van der Waals surface area contributed by atoms with Gasteiger partial charge < -0.3 is 9.64 Å². The van der Waals surface area contributed by atoms with E-state index in [-0.39, 0.29) is 5.41 Å². The smallest absolute Gasteiger partial charge is 0.125 e. The normalized spacial score (nSPS) is 15.7. The Balaban J connectivity index is 2.07. The van der Waals surface area contributed by atoms with E-state index in [0.29, 0.717) is 0 Å². The molecule has 1 heterocycles. The number of hydrogen-bond donors (Lipinski definition) is 0. The Labute approximate surface area is 137 Å². The first-order chi connectivity index (χ1) is 11.1. The molecule has 0 aromatic heterocycles. The minimum Gasteiger partial charge on any atom is -0.496 e. The lowest BCUT2D eigenvalue weighted by atomic mass is 9.85. The van der Waals surface area contributed by atoms with E-state index in [9.17, 15) is 0 Å². The second-order valence-corrected chi connectivity index (χ2v) is 6.83. The zero-order valence-corrected chi connectivity index (χ0v) is 13.8. The van der Waals surface area contributed by atoms with Crippen LogP contribution in [-0.4, -0.2) is 13.7 Å². The van der Waals surface area contributed by atoms with Crippen LogP contribution in [0.5, 0.6) is 5.75 Å². The maximum Gasteiger partial charge on any atom is 0.125 e. The van der Waals surface area contributed by atoms with Crippen LogP contribution in [-0.2, 0) is 5.41 Å². The van der Waals surface area contributed by atoms with E-state index in [1.807, 2.05) is 0 Å². The lowest BCUT2D eigenvalue weighted by Gasteiger charge is -2.23. The molecule has 0 saturated heterocycles. The first kappa shape index (κ1) is 14.1. The summed E-state index contributed by atoms with van der Waals surface area (Å²) >= 11 is 0. The van der Waals surface area contributed by atoms with Gasteiger partial charge in [-0.3, -0.25) is 0 Å². The van der Waals surface area contributed by atoms with Crippen LogP contribution in [0.15, 0.2) is 60.7 Å². The fraction of sp³-hybridized carbons (Fsp3) is 0.238. The molecule has 2 heteroatoms. The van der Waals surface area contributed by atoms with Crippen molar-refractivity contribution in [2.45, 2.75) is 19.3 Å². The van der Waals surface area contributed by atoms with Crippen molar-refractivity contribution in [3.63, 3.8) is 0 Å². The number of benzene rings is 3. The minimum atomic E-state index is 0.0422. The predicted octanol–water partition coefficient (Wildman–Crippen LogP) is 5.28. The summed E-state index contributed by atoms with van der Waals surface area (Å²) in [6.07, 6.45) is 0. The van der Waals surface area contributed by atoms with Gasteiger partial charge in [-0.15, -0.1) is 0 Å². The SMILES string of the molecule is COc1cc2ccccc2c2c1C(C)(C)CN2c1ccccc1. The molecule has 0 N–H and O–H groups in total. The van der Waals surface area contributed by atoms with Crippen molar-refractivity contribution in [1.82, 2.24) is 0 Å². The number of hydrogen-bond acceptors (Lipinski definition) is 2. The van der Waals surface area contributed by atoms with Crippen molar-refractivity contribution in [2.24, 2.45) is 0 Å². The van der Waals surface area contributed by atoms with Crippen LogP contribution in [0.1, 0.15) is 19.4 Å². The lowest BCUT2D eigenvalue weighted by Crippen LogP contribution is -2.25. The fourth-order valence-corrected chi connectivity index (χ4v) is 3.78. The topological polar surface area (TPSA) is 12.5 Å². The second kappa shape index (κ2) is 5.02.